The van der Waals surface area contributed by atoms with Crippen molar-refractivity contribution in [1.29, 1.82) is 0 Å². The first-order valence-corrected chi connectivity index (χ1v) is 5.58. The van der Waals surface area contributed by atoms with Crippen LogP contribution in [0.1, 0.15) is 12.0 Å². The minimum atomic E-state index is -0.0373. The van der Waals surface area contributed by atoms with Gasteiger partial charge in [0.1, 0.15) is 0 Å². The SMILES string of the molecule is OCCCOc1ncc(CO)c2ccccc12. The summed E-state index contributed by atoms with van der Waals surface area (Å²) in [6, 6.07) is 7.67. The molecule has 17 heavy (non-hydrogen) atoms. The number of aromatic nitrogens is 1. The maximum absolute atomic E-state index is 9.23. The molecule has 2 aromatic rings. The second-order valence-corrected chi connectivity index (χ2v) is 3.72. The van der Waals surface area contributed by atoms with Gasteiger partial charge in [0, 0.05) is 30.2 Å². The van der Waals surface area contributed by atoms with Crippen LogP contribution in [0.4, 0.5) is 0 Å². The second kappa shape index (κ2) is 5.61. The molecule has 0 aliphatic carbocycles. The summed E-state index contributed by atoms with van der Waals surface area (Å²) >= 11 is 0. The highest BCUT2D eigenvalue weighted by molar-refractivity contribution is 5.89. The maximum atomic E-state index is 9.23. The van der Waals surface area contributed by atoms with E-state index in [0.717, 1.165) is 16.3 Å². The fourth-order valence-corrected chi connectivity index (χ4v) is 1.70. The average Bonchev–Trinajstić information content (AvgIpc) is 2.39. The smallest absolute Gasteiger partial charge is 0.221 e. The summed E-state index contributed by atoms with van der Waals surface area (Å²) in [7, 11) is 0. The van der Waals surface area contributed by atoms with Crippen LogP contribution in [0.15, 0.2) is 30.5 Å². The van der Waals surface area contributed by atoms with E-state index in [0.29, 0.717) is 18.9 Å². The third kappa shape index (κ3) is 2.54. The van der Waals surface area contributed by atoms with Crippen LogP contribution in [0.3, 0.4) is 0 Å². The molecule has 0 atom stereocenters. The summed E-state index contributed by atoms with van der Waals surface area (Å²) in [6.07, 6.45) is 2.20. The van der Waals surface area contributed by atoms with Crippen LogP contribution >= 0.6 is 0 Å². The first kappa shape index (κ1) is 11.8. The fourth-order valence-electron chi connectivity index (χ4n) is 1.70. The number of rotatable bonds is 5. The van der Waals surface area contributed by atoms with E-state index in [4.69, 9.17) is 9.84 Å². The average molecular weight is 233 g/mol. The Hall–Kier alpha value is -1.65. The molecule has 2 rings (SSSR count). The molecule has 90 valence electrons. The highest BCUT2D eigenvalue weighted by Gasteiger charge is 2.07. The molecule has 0 saturated heterocycles. The summed E-state index contributed by atoms with van der Waals surface area (Å²) in [4.78, 5) is 4.19. The molecular formula is C13H15NO3. The third-order valence-electron chi connectivity index (χ3n) is 2.55. The van der Waals surface area contributed by atoms with Crippen molar-refractivity contribution in [2.45, 2.75) is 13.0 Å². The zero-order valence-electron chi connectivity index (χ0n) is 9.47. The third-order valence-corrected chi connectivity index (χ3v) is 2.55. The number of ether oxygens (including phenoxy) is 1. The van der Waals surface area contributed by atoms with E-state index in [9.17, 15) is 5.11 Å². The van der Waals surface area contributed by atoms with Gasteiger partial charge in [-0.1, -0.05) is 18.2 Å². The molecule has 0 aliphatic heterocycles. The highest BCUT2D eigenvalue weighted by atomic mass is 16.5. The van der Waals surface area contributed by atoms with E-state index in [1.807, 2.05) is 24.3 Å². The van der Waals surface area contributed by atoms with E-state index in [-0.39, 0.29) is 13.2 Å². The van der Waals surface area contributed by atoms with Crippen LogP contribution < -0.4 is 4.74 Å². The number of benzene rings is 1. The lowest BCUT2D eigenvalue weighted by Gasteiger charge is -2.09. The molecular weight excluding hydrogens is 218 g/mol. The van der Waals surface area contributed by atoms with Gasteiger partial charge in [0.2, 0.25) is 5.88 Å². The van der Waals surface area contributed by atoms with Gasteiger partial charge in [0.05, 0.1) is 13.2 Å². The zero-order valence-corrected chi connectivity index (χ0v) is 9.47. The quantitative estimate of drug-likeness (QED) is 0.768. The molecule has 1 aromatic heterocycles. The van der Waals surface area contributed by atoms with Gasteiger partial charge in [0.25, 0.3) is 0 Å². The van der Waals surface area contributed by atoms with Crippen LogP contribution in [-0.2, 0) is 6.61 Å². The number of fused-ring (bicyclic) bond motifs is 1. The zero-order chi connectivity index (χ0) is 12.1. The Morgan fingerprint density at radius 3 is 2.59 bits per heavy atom. The molecule has 0 spiro atoms. The Kier molecular flexibility index (Phi) is 3.90. The van der Waals surface area contributed by atoms with Gasteiger partial charge in [-0.3, -0.25) is 0 Å². The number of hydrogen-bond donors (Lipinski definition) is 2. The van der Waals surface area contributed by atoms with E-state index in [2.05, 4.69) is 4.98 Å². The van der Waals surface area contributed by atoms with Crippen LogP contribution in [-0.4, -0.2) is 28.4 Å². The Labute approximate surface area is 99.5 Å². The molecule has 4 nitrogen and oxygen atoms in total. The topological polar surface area (TPSA) is 62.6 Å². The predicted octanol–water partition coefficient (Wildman–Crippen LogP) is 1.49. The molecule has 0 radical (unpaired) electrons. The van der Waals surface area contributed by atoms with Crippen molar-refractivity contribution in [3.63, 3.8) is 0 Å². The Morgan fingerprint density at radius 1 is 1.12 bits per heavy atom. The lowest BCUT2D eigenvalue weighted by Crippen LogP contribution is -2.02. The summed E-state index contributed by atoms with van der Waals surface area (Å²) < 4.78 is 5.51. The fraction of sp³-hybridized carbons (Fsp3) is 0.308. The first-order chi connectivity index (χ1) is 8.36. The molecule has 2 N–H and O–H groups in total. The van der Waals surface area contributed by atoms with Gasteiger partial charge in [-0.05, 0) is 11.5 Å². The number of pyridine rings is 1. The van der Waals surface area contributed by atoms with E-state index in [1.165, 1.54) is 0 Å². The summed E-state index contributed by atoms with van der Waals surface area (Å²) in [5.74, 6) is 0.547. The van der Waals surface area contributed by atoms with Crippen LogP contribution in [0.5, 0.6) is 5.88 Å². The molecule has 0 unspecified atom stereocenters. The Balaban J connectivity index is 2.37. The van der Waals surface area contributed by atoms with E-state index >= 15 is 0 Å². The molecule has 1 aromatic carbocycles. The highest BCUT2D eigenvalue weighted by Crippen LogP contribution is 2.26. The van der Waals surface area contributed by atoms with Crippen molar-refractivity contribution in [3.8, 4) is 5.88 Å². The molecule has 0 saturated carbocycles. The lowest BCUT2D eigenvalue weighted by atomic mass is 10.1. The minimum absolute atomic E-state index is 0.0373. The van der Waals surface area contributed by atoms with Crippen LogP contribution in [0.25, 0.3) is 10.8 Å². The van der Waals surface area contributed by atoms with E-state index < -0.39 is 0 Å². The van der Waals surface area contributed by atoms with Crippen molar-refractivity contribution in [3.05, 3.63) is 36.0 Å². The summed E-state index contributed by atoms with van der Waals surface area (Å²) in [5.41, 5.74) is 0.787. The molecule has 0 amide bonds. The maximum Gasteiger partial charge on any atom is 0.221 e. The van der Waals surface area contributed by atoms with E-state index in [1.54, 1.807) is 6.20 Å². The Bertz CT molecular complexity index is 499. The van der Waals surface area contributed by atoms with Crippen LogP contribution in [0.2, 0.25) is 0 Å². The Morgan fingerprint density at radius 2 is 1.88 bits per heavy atom. The van der Waals surface area contributed by atoms with Gasteiger partial charge in [-0.15, -0.1) is 0 Å². The van der Waals surface area contributed by atoms with Crippen molar-refractivity contribution in [2.24, 2.45) is 0 Å². The second-order valence-electron chi connectivity index (χ2n) is 3.72. The predicted molar refractivity (Wildman–Crippen MR) is 64.9 cm³/mol. The van der Waals surface area contributed by atoms with Gasteiger partial charge < -0.3 is 14.9 Å². The monoisotopic (exact) mass is 233 g/mol. The van der Waals surface area contributed by atoms with Crippen molar-refractivity contribution < 1.29 is 14.9 Å². The molecule has 0 aliphatic rings. The normalized spacial score (nSPS) is 10.7. The molecule has 4 heteroatoms. The number of nitrogens with zero attached hydrogens (tertiary/aromatic N) is 1. The van der Waals surface area contributed by atoms with Gasteiger partial charge >= 0.3 is 0 Å². The summed E-state index contributed by atoms with van der Waals surface area (Å²) in [5, 5.41) is 19.8. The minimum Gasteiger partial charge on any atom is -0.477 e. The van der Waals surface area contributed by atoms with Crippen molar-refractivity contribution in [2.75, 3.05) is 13.2 Å². The van der Waals surface area contributed by atoms with Crippen molar-refractivity contribution >= 4 is 10.8 Å². The molecule has 0 bridgehead atoms. The number of hydrogen-bond acceptors (Lipinski definition) is 4. The number of aliphatic hydroxyl groups excluding tert-OH is 2. The summed E-state index contributed by atoms with van der Waals surface area (Å²) in [6.45, 7) is 0.503. The van der Waals surface area contributed by atoms with Gasteiger partial charge in [-0.25, -0.2) is 4.98 Å². The van der Waals surface area contributed by atoms with Crippen LogP contribution in [0, 0.1) is 0 Å². The largest absolute Gasteiger partial charge is 0.477 e. The molecule has 0 fully saturated rings. The standard InChI is InChI=1S/C13H15NO3/c15-6-3-7-17-13-12-5-2-1-4-11(12)10(9-16)8-14-13/h1-2,4-5,8,15-16H,3,6-7,9H2. The van der Waals surface area contributed by atoms with Gasteiger partial charge in [-0.2, -0.15) is 0 Å². The first-order valence-electron chi connectivity index (χ1n) is 5.58. The lowest BCUT2D eigenvalue weighted by molar-refractivity contribution is 0.230. The molecule has 1 heterocycles. The van der Waals surface area contributed by atoms with Gasteiger partial charge in [0.15, 0.2) is 0 Å². The van der Waals surface area contributed by atoms with Crippen molar-refractivity contribution in [1.82, 2.24) is 4.98 Å². The number of aliphatic hydroxyl groups is 2.